The predicted molar refractivity (Wildman–Crippen MR) is 143 cm³/mol. The van der Waals surface area contributed by atoms with E-state index in [-0.39, 0.29) is 18.0 Å². The number of carboxylic acid groups (broad SMARTS) is 1. The molecule has 176 valence electrons. The summed E-state index contributed by atoms with van der Waals surface area (Å²) in [6.07, 6.45) is 1.66. The van der Waals surface area contributed by atoms with Gasteiger partial charge in [0.15, 0.2) is 5.13 Å². The van der Waals surface area contributed by atoms with Gasteiger partial charge in [-0.05, 0) is 27.8 Å². The van der Waals surface area contributed by atoms with Crippen molar-refractivity contribution in [3.05, 3.63) is 130 Å². The van der Waals surface area contributed by atoms with Crippen LogP contribution in [0.25, 0.3) is 0 Å². The second-order valence-corrected chi connectivity index (χ2v) is 8.80. The Bertz CT molecular complexity index is 1210. The molecule has 0 fully saturated rings. The molecule has 0 aliphatic carbocycles. The van der Waals surface area contributed by atoms with E-state index in [0.717, 1.165) is 16.7 Å². The fourth-order valence-corrected chi connectivity index (χ4v) is 4.66. The Morgan fingerprint density at radius 1 is 0.971 bits per heavy atom. The summed E-state index contributed by atoms with van der Waals surface area (Å²) in [6.45, 7) is 0.135. The molecule has 8 heteroatoms. The molecule has 0 atom stereocenters. The lowest BCUT2D eigenvalue weighted by Crippen LogP contribution is -2.38. The third-order valence-corrected chi connectivity index (χ3v) is 6.41. The van der Waals surface area contributed by atoms with Gasteiger partial charge < -0.3 is 15.3 Å². The molecule has 35 heavy (non-hydrogen) atoms. The molecule has 0 spiro atoms. The quantitative estimate of drug-likeness (QED) is 0.106. The molecule has 0 amide bonds. The highest BCUT2D eigenvalue weighted by atomic mass is 79.9. The number of aliphatic carboxylic acids is 1. The number of hydrogen-bond acceptors (Lipinski definition) is 6. The van der Waals surface area contributed by atoms with Crippen molar-refractivity contribution in [1.29, 1.82) is 0 Å². The van der Waals surface area contributed by atoms with Crippen molar-refractivity contribution in [2.24, 2.45) is 5.16 Å². The van der Waals surface area contributed by atoms with E-state index >= 15 is 0 Å². The van der Waals surface area contributed by atoms with Crippen LogP contribution in [0.15, 0.2) is 113 Å². The Kier molecular flexibility index (Phi) is 8.07. The lowest BCUT2D eigenvalue weighted by Gasteiger charge is -2.36. The molecule has 2 N–H and O–H groups in total. The molecule has 0 radical (unpaired) electrons. The molecule has 0 aliphatic heterocycles. The van der Waals surface area contributed by atoms with E-state index in [9.17, 15) is 9.90 Å². The smallest absolute Gasteiger partial charge is 0.360 e. The van der Waals surface area contributed by atoms with Crippen LogP contribution in [0.1, 0.15) is 22.4 Å². The van der Waals surface area contributed by atoms with E-state index in [2.05, 4.69) is 67.8 Å². The Morgan fingerprint density at radius 3 is 1.94 bits per heavy atom. The van der Waals surface area contributed by atoms with Gasteiger partial charge in [-0.3, -0.25) is 0 Å². The third-order valence-electron chi connectivity index (χ3n) is 5.28. The zero-order valence-corrected chi connectivity index (χ0v) is 20.9. The van der Waals surface area contributed by atoms with Gasteiger partial charge in [0.2, 0.25) is 5.71 Å². The van der Waals surface area contributed by atoms with E-state index < -0.39 is 11.5 Å². The molecular formula is C27H22BrN3O3S. The summed E-state index contributed by atoms with van der Waals surface area (Å²) in [6, 6.07) is 30.3. The van der Waals surface area contributed by atoms with Crippen LogP contribution in [0.5, 0.6) is 0 Å². The van der Waals surface area contributed by atoms with Crippen LogP contribution in [-0.4, -0.2) is 28.4 Å². The first-order chi connectivity index (χ1) is 17.1. The fourth-order valence-electron chi connectivity index (χ4n) is 3.76. The molecule has 1 aromatic heterocycles. The number of hydrogen-bond donors (Lipinski definition) is 2. The standard InChI is InChI=1S/C27H22BrN3O3S/c28-17-10-18-34-31-24(25(32)33)23-19-35-26(29-23)30-27(20-11-4-1-5-12-20,21-13-6-2-7-14-21)22-15-8-3-9-16-22/h1-17,19H,18H2,(H,29,30)(H,32,33). The summed E-state index contributed by atoms with van der Waals surface area (Å²) < 4.78 is 0. The maximum atomic E-state index is 11.8. The monoisotopic (exact) mass is 547 g/mol. The zero-order chi connectivity index (χ0) is 24.5. The lowest BCUT2D eigenvalue weighted by molar-refractivity contribution is -0.129. The van der Waals surface area contributed by atoms with Crippen LogP contribution in [0, 0.1) is 0 Å². The van der Waals surface area contributed by atoms with Gasteiger partial charge >= 0.3 is 5.97 Å². The molecular weight excluding hydrogens is 526 g/mol. The Morgan fingerprint density at radius 2 is 1.49 bits per heavy atom. The van der Waals surface area contributed by atoms with Crippen molar-refractivity contribution >= 4 is 44.1 Å². The first kappa shape index (κ1) is 24.4. The van der Waals surface area contributed by atoms with Gasteiger partial charge in [-0.2, -0.15) is 0 Å². The number of nitrogens with one attached hydrogen (secondary N) is 1. The largest absolute Gasteiger partial charge is 0.476 e. The van der Waals surface area contributed by atoms with E-state index in [4.69, 9.17) is 4.84 Å². The van der Waals surface area contributed by atoms with Gasteiger partial charge in [-0.1, -0.05) is 112 Å². The highest BCUT2D eigenvalue weighted by Gasteiger charge is 2.37. The van der Waals surface area contributed by atoms with Gasteiger partial charge in [0.05, 0.1) is 0 Å². The van der Waals surface area contributed by atoms with Crippen LogP contribution >= 0.6 is 27.3 Å². The average Bonchev–Trinajstić information content (AvgIpc) is 3.36. The van der Waals surface area contributed by atoms with Crippen molar-refractivity contribution in [2.75, 3.05) is 11.9 Å². The van der Waals surface area contributed by atoms with Crippen molar-refractivity contribution in [3.63, 3.8) is 0 Å². The van der Waals surface area contributed by atoms with E-state index in [1.54, 1.807) is 16.4 Å². The average molecular weight is 548 g/mol. The predicted octanol–water partition coefficient (Wildman–Crippen LogP) is 6.26. The van der Waals surface area contributed by atoms with Crippen molar-refractivity contribution in [1.82, 2.24) is 4.98 Å². The Labute approximate surface area is 215 Å². The van der Waals surface area contributed by atoms with Crippen molar-refractivity contribution in [3.8, 4) is 0 Å². The maximum absolute atomic E-state index is 11.8. The zero-order valence-electron chi connectivity index (χ0n) is 18.5. The first-order valence-corrected chi connectivity index (χ1v) is 12.5. The van der Waals surface area contributed by atoms with Crippen molar-refractivity contribution in [2.45, 2.75) is 5.54 Å². The molecule has 6 nitrogen and oxygen atoms in total. The number of aromatic nitrogens is 1. The summed E-state index contributed by atoms with van der Waals surface area (Å²) in [5, 5.41) is 19.3. The third kappa shape index (κ3) is 5.50. The number of anilines is 1. The SMILES string of the molecule is O=C(O)C(=NOCC=CBr)c1csc(NC(c2ccccc2)(c2ccccc2)c2ccccc2)n1. The second kappa shape index (κ2) is 11.6. The van der Waals surface area contributed by atoms with Crippen LogP contribution in [0.2, 0.25) is 0 Å². The van der Waals surface area contributed by atoms with Crippen LogP contribution in [0.3, 0.4) is 0 Å². The summed E-state index contributed by atoms with van der Waals surface area (Å²) in [5.74, 6) is -1.22. The molecule has 0 aliphatic rings. The lowest BCUT2D eigenvalue weighted by atomic mass is 9.77. The Hall–Kier alpha value is -3.75. The minimum Gasteiger partial charge on any atom is -0.476 e. The Balaban J connectivity index is 1.81. The summed E-state index contributed by atoms with van der Waals surface area (Å²) in [5.41, 5.74) is 2.25. The molecule has 4 aromatic rings. The van der Waals surface area contributed by atoms with Gasteiger partial charge in [-0.15, -0.1) is 11.3 Å². The molecule has 0 saturated carbocycles. The molecule has 3 aromatic carbocycles. The minimum absolute atomic E-state index is 0.135. The van der Waals surface area contributed by atoms with E-state index in [0.29, 0.717) is 5.13 Å². The number of thiazole rings is 1. The topological polar surface area (TPSA) is 83.8 Å². The number of carboxylic acids is 1. The first-order valence-electron chi connectivity index (χ1n) is 10.7. The van der Waals surface area contributed by atoms with Gasteiger partial charge in [0.25, 0.3) is 0 Å². The highest BCUT2D eigenvalue weighted by molar-refractivity contribution is 9.11. The second-order valence-electron chi connectivity index (χ2n) is 7.41. The normalized spacial score (nSPS) is 12.0. The van der Waals surface area contributed by atoms with Crippen LogP contribution < -0.4 is 5.32 Å². The van der Waals surface area contributed by atoms with Crippen molar-refractivity contribution < 1.29 is 14.7 Å². The number of carbonyl (C=O) groups is 1. The van der Waals surface area contributed by atoms with E-state index in [1.807, 2.05) is 54.6 Å². The fraction of sp³-hybridized carbons (Fsp3) is 0.0741. The summed E-state index contributed by atoms with van der Waals surface area (Å²) >= 11 is 4.44. The van der Waals surface area contributed by atoms with Crippen LogP contribution in [-0.2, 0) is 15.2 Å². The number of benzene rings is 3. The number of nitrogens with zero attached hydrogens (tertiary/aromatic N) is 2. The van der Waals surface area contributed by atoms with Crippen LogP contribution in [0.4, 0.5) is 5.13 Å². The molecule has 0 saturated heterocycles. The number of oxime groups is 1. The highest BCUT2D eigenvalue weighted by Crippen LogP contribution is 2.40. The van der Waals surface area contributed by atoms with E-state index in [1.165, 1.54) is 11.3 Å². The molecule has 0 unspecified atom stereocenters. The minimum atomic E-state index is -1.22. The molecule has 4 rings (SSSR count). The summed E-state index contributed by atoms with van der Waals surface area (Å²) in [4.78, 5) is 23.1. The maximum Gasteiger partial charge on any atom is 0.360 e. The van der Waals surface area contributed by atoms with Gasteiger partial charge in [0, 0.05) is 5.38 Å². The van der Waals surface area contributed by atoms with Gasteiger partial charge in [-0.25, -0.2) is 9.78 Å². The number of rotatable bonds is 10. The van der Waals surface area contributed by atoms with Gasteiger partial charge in [0.1, 0.15) is 17.8 Å². The summed E-state index contributed by atoms with van der Waals surface area (Å²) in [7, 11) is 0. The molecule has 1 heterocycles. The molecule has 0 bridgehead atoms. The number of halogens is 1.